The van der Waals surface area contributed by atoms with Gasteiger partial charge in [-0.05, 0) is 56.8 Å². The van der Waals surface area contributed by atoms with Crippen LogP contribution in [0, 0.1) is 5.92 Å². The Morgan fingerprint density at radius 2 is 1.57 bits per heavy atom. The van der Waals surface area contributed by atoms with Gasteiger partial charge in [-0.1, -0.05) is 50.6 Å². The van der Waals surface area contributed by atoms with Gasteiger partial charge in [-0.15, -0.1) is 0 Å². The number of aliphatic carboxylic acids is 2. The summed E-state index contributed by atoms with van der Waals surface area (Å²) in [6.07, 6.45) is 5.53. The van der Waals surface area contributed by atoms with E-state index in [0.717, 1.165) is 38.0 Å². The van der Waals surface area contributed by atoms with Gasteiger partial charge < -0.3 is 20.8 Å². The molecule has 7 nitrogen and oxygen atoms in total. The van der Waals surface area contributed by atoms with Crippen LogP contribution in [0.2, 0.25) is 0 Å². The fourth-order valence-electron chi connectivity index (χ4n) is 3.72. The maximum atomic E-state index is 12.4. The van der Waals surface area contributed by atoms with Crippen LogP contribution < -0.4 is 5.73 Å². The third-order valence-corrected chi connectivity index (χ3v) is 5.04. The highest BCUT2D eigenvalue weighted by Gasteiger charge is 2.39. The molecule has 1 heterocycles. The summed E-state index contributed by atoms with van der Waals surface area (Å²) < 4.78 is 0. The number of primary amides is 1. The van der Waals surface area contributed by atoms with Crippen LogP contribution in [0.15, 0.2) is 30.3 Å². The Bertz CT molecular complexity index is 629. The number of benzene rings is 1. The quantitative estimate of drug-likeness (QED) is 0.613. The summed E-state index contributed by atoms with van der Waals surface area (Å²) in [5.41, 5.74) is 6.45. The normalized spacial score (nSPS) is 16.5. The first-order chi connectivity index (χ1) is 13.2. The molecular formula is C21H32N2O5. The molecule has 1 fully saturated rings. The molecule has 0 bridgehead atoms. The number of carbonyl (C=O) groups is 3. The number of carboxylic acids is 2. The number of rotatable bonds is 7. The van der Waals surface area contributed by atoms with Gasteiger partial charge in [0, 0.05) is 0 Å². The van der Waals surface area contributed by atoms with E-state index in [2.05, 4.69) is 30.9 Å². The van der Waals surface area contributed by atoms with E-state index in [1.807, 2.05) is 18.2 Å². The molecule has 1 aliphatic rings. The maximum Gasteiger partial charge on any atom is 0.414 e. The van der Waals surface area contributed by atoms with Crippen molar-refractivity contribution in [3.8, 4) is 0 Å². The van der Waals surface area contributed by atoms with Gasteiger partial charge in [0.1, 0.15) is 0 Å². The molecule has 0 aliphatic carbocycles. The van der Waals surface area contributed by atoms with Crippen molar-refractivity contribution in [2.75, 3.05) is 19.6 Å². The molecule has 156 valence electrons. The van der Waals surface area contributed by atoms with Crippen molar-refractivity contribution < 1.29 is 24.6 Å². The molecule has 7 heteroatoms. The number of likely N-dealkylation sites (tertiary alicyclic amines) is 1. The lowest BCUT2D eigenvalue weighted by molar-refractivity contribution is -0.159. The number of hydrogen-bond acceptors (Lipinski definition) is 4. The van der Waals surface area contributed by atoms with Crippen LogP contribution >= 0.6 is 0 Å². The van der Waals surface area contributed by atoms with Gasteiger partial charge in [0.25, 0.3) is 0 Å². The molecule has 28 heavy (non-hydrogen) atoms. The first-order valence-electron chi connectivity index (χ1n) is 9.73. The zero-order valence-electron chi connectivity index (χ0n) is 16.8. The second-order valence-electron chi connectivity index (χ2n) is 7.67. The van der Waals surface area contributed by atoms with Crippen LogP contribution in [-0.2, 0) is 19.8 Å². The Morgan fingerprint density at radius 1 is 1.04 bits per heavy atom. The summed E-state index contributed by atoms with van der Waals surface area (Å²) >= 11 is 0. The summed E-state index contributed by atoms with van der Waals surface area (Å²) in [5.74, 6) is -3.39. The minimum absolute atomic E-state index is 0.176. The molecule has 4 N–H and O–H groups in total. The number of nitrogens with two attached hydrogens (primary N) is 1. The van der Waals surface area contributed by atoms with Crippen LogP contribution in [0.1, 0.15) is 51.5 Å². The van der Waals surface area contributed by atoms with Gasteiger partial charge in [0.2, 0.25) is 5.91 Å². The van der Waals surface area contributed by atoms with Crippen molar-refractivity contribution in [3.05, 3.63) is 35.9 Å². The smallest absolute Gasteiger partial charge is 0.414 e. The fourth-order valence-corrected chi connectivity index (χ4v) is 3.72. The highest BCUT2D eigenvalue weighted by molar-refractivity contribution is 6.27. The molecule has 0 saturated carbocycles. The third kappa shape index (κ3) is 7.31. The molecular weight excluding hydrogens is 360 g/mol. The first kappa shape index (κ1) is 23.6. The van der Waals surface area contributed by atoms with Crippen molar-refractivity contribution in [3.63, 3.8) is 0 Å². The van der Waals surface area contributed by atoms with Gasteiger partial charge in [0.05, 0.1) is 5.41 Å². The zero-order valence-corrected chi connectivity index (χ0v) is 16.8. The number of piperidine rings is 1. The Morgan fingerprint density at radius 3 is 2.00 bits per heavy atom. The Balaban J connectivity index is 0.000000568. The van der Waals surface area contributed by atoms with E-state index in [0.29, 0.717) is 5.92 Å². The summed E-state index contributed by atoms with van der Waals surface area (Å²) in [5, 5.41) is 14.8. The Kier molecular flexibility index (Phi) is 9.65. The molecule has 0 aromatic heterocycles. The summed E-state index contributed by atoms with van der Waals surface area (Å²) in [6, 6.07) is 10.1. The standard InChI is InChI=1S/C19H30N2O.C2H2O4/c1-16(2)15-19(18(20)22,17-9-5-3-6-10-17)11-14-21-12-7-4-8-13-21;3-1(4)2(5)6/h3,5-6,9-10,16H,4,7-8,11-15H2,1-2H3,(H2,20,22);(H,3,4)(H,5,6). The number of carboxylic acid groups (broad SMARTS) is 2. The summed E-state index contributed by atoms with van der Waals surface area (Å²) in [6.45, 7) is 7.62. The highest BCUT2D eigenvalue weighted by atomic mass is 16.4. The Labute approximate surface area is 166 Å². The van der Waals surface area contributed by atoms with Gasteiger partial charge in [0.15, 0.2) is 0 Å². The predicted molar refractivity (Wildman–Crippen MR) is 107 cm³/mol. The van der Waals surface area contributed by atoms with E-state index >= 15 is 0 Å². The molecule has 1 unspecified atom stereocenters. The third-order valence-electron chi connectivity index (χ3n) is 5.04. The van der Waals surface area contributed by atoms with Gasteiger partial charge >= 0.3 is 11.9 Å². The van der Waals surface area contributed by atoms with E-state index in [1.54, 1.807) is 0 Å². The topological polar surface area (TPSA) is 121 Å². The molecule has 1 aromatic rings. The predicted octanol–water partition coefficient (Wildman–Crippen LogP) is 2.49. The van der Waals surface area contributed by atoms with E-state index < -0.39 is 17.4 Å². The molecule has 1 aromatic carbocycles. The lowest BCUT2D eigenvalue weighted by Gasteiger charge is -2.36. The highest BCUT2D eigenvalue weighted by Crippen LogP contribution is 2.35. The van der Waals surface area contributed by atoms with Gasteiger partial charge in [-0.2, -0.15) is 0 Å². The molecule has 1 saturated heterocycles. The molecule has 2 rings (SSSR count). The van der Waals surface area contributed by atoms with Crippen LogP contribution in [0.3, 0.4) is 0 Å². The summed E-state index contributed by atoms with van der Waals surface area (Å²) in [7, 11) is 0. The largest absolute Gasteiger partial charge is 0.473 e. The average molecular weight is 392 g/mol. The average Bonchev–Trinajstić information content (AvgIpc) is 2.66. The summed E-state index contributed by atoms with van der Waals surface area (Å²) in [4.78, 5) is 33.1. The minimum atomic E-state index is -1.82. The lowest BCUT2D eigenvalue weighted by Crippen LogP contribution is -2.45. The lowest BCUT2D eigenvalue weighted by atomic mass is 9.71. The van der Waals surface area contributed by atoms with Crippen molar-refractivity contribution in [1.29, 1.82) is 0 Å². The number of hydrogen-bond donors (Lipinski definition) is 3. The van der Waals surface area contributed by atoms with Crippen molar-refractivity contribution in [2.45, 2.75) is 51.4 Å². The van der Waals surface area contributed by atoms with Crippen LogP contribution in [0.4, 0.5) is 0 Å². The van der Waals surface area contributed by atoms with E-state index in [1.165, 1.54) is 19.3 Å². The number of amides is 1. The molecule has 1 amide bonds. The van der Waals surface area contributed by atoms with Crippen molar-refractivity contribution in [2.24, 2.45) is 11.7 Å². The SMILES string of the molecule is CC(C)CC(CCN1CCCCC1)(C(N)=O)c1ccccc1.O=C(O)C(=O)O. The van der Waals surface area contributed by atoms with Crippen LogP contribution in [-0.4, -0.2) is 52.6 Å². The van der Waals surface area contributed by atoms with Gasteiger partial charge in [-0.3, -0.25) is 4.79 Å². The number of carbonyl (C=O) groups excluding carboxylic acids is 1. The van der Waals surface area contributed by atoms with Crippen molar-refractivity contribution >= 4 is 17.8 Å². The number of nitrogens with zero attached hydrogens (tertiary/aromatic N) is 1. The first-order valence-corrected chi connectivity index (χ1v) is 9.73. The van der Waals surface area contributed by atoms with E-state index in [9.17, 15) is 4.79 Å². The second kappa shape index (κ2) is 11.4. The van der Waals surface area contributed by atoms with Gasteiger partial charge in [-0.25, -0.2) is 9.59 Å². The molecule has 0 radical (unpaired) electrons. The second-order valence-corrected chi connectivity index (χ2v) is 7.67. The molecule has 1 aliphatic heterocycles. The fraction of sp³-hybridized carbons (Fsp3) is 0.571. The zero-order chi connectivity index (χ0) is 21.2. The van der Waals surface area contributed by atoms with E-state index in [-0.39, 0.29) is 5.91 Å². The Hall–Kier alpha value is -2.41. The van der Waals surface area contributed by atoms with E-state index in [4.69, 9.17) is 25.5 Å². The van der Waals surface area contributed by atoms with Crippen molar-refractivity contribution in [1.82, 2.24) is 4.90 Å². The monoisotopic (exact) mass is 392 g/mol. The maximum absolute atomic E-state index is 12.4. The molecule has 0 spiro atoms. The van der Waals surface area contributed by atoms with Crippen LogP contribution in [0.25, 0.3) is 0 Å². The molecule has 1 atom stereocenters. The minimum Gasteiger partial charge on any atom is -0.473 e. The van der Waals surface area contributed by atoms with Crippen LogP contribution in [0.5, 0.6) is 0 Å².